The van der Waals surface area contributed by atoms with Crippen LogP contribution in [0.15, 0.2) is 40.9 Å². The predicted molar refractivity (Wildman–Crippen MR) is 114 cm³/mol. The topological polar surface area (TPSA) is 41.7 Å². The Kier molecular flexibility index (Phi) is 12.2. The van der Waals surface area contributed by atoms with E-state index in [0.717, 1.165) is 57.2 Å². The summed E-state index contributed by atoms with van der Waals surface area (Å²) in [6.45, 7) is 16.8. The molecule has 0 unspecified atom stereocenters. The molecule has 1 aliphatic heterocycles. The van der Waals surface area contributed by atoms with Gasteiger partial charge in [-0.2, -0.15) is 0 Å². The fourth-order valence-corrected chi connectivity index (χ4v) is 2.88. The molecule has 1 aromatic carbocycles. The van der Waals surface area contributed by atoms with Crippen molar-refractivity contribution in [2.45, 2.75) is 41.0 Å². The van der Waals surface area contributed by atoms with E-state index in [-0.39, 0.29) is 0 Å². The zero-order chi connectivity index (χ0) is 19.9. The second-order valence-corrected chi connectivity index (χ2v) is 5.96. The van der Waals surface area contributed by atoms with Crippen LogP contribution in [0.3, 0.4) is 0 Å². The van der Waals surface area contributed by atoms with Crippen molar-refractivity contribution in [3.05, 3.63) is 47.9 Å². The minimum absolute atomic E-state index is 0.704. The summed E-state index contributed by atoms with van der Waals surface area (Å²) in [6.07, 6.45) is 0.819. The molecule has 1 aromatic heterocycles. The summed E-state index contributed by atoms with van der Waals surface area (Å²) in [5.74, 6) is 0.858. The highest BCUT2D eigenvalue weighted by Crippen LogP contribution is 2.15. The van der Waals surface area contributed by atoms with Crippen molar-refractivity contribution in [1.29, 1.82) is 0 Å². The number of anilines is 1. The molecule has 0 aliphatic carbocycles. The Morgan fingerprint density at radius 2 is 1.63 bits per heavy atom. The summed E-state index contributed by atoms with van der Waals surface area (Å²) in [7, 11) is 0. The fraction of sp³-hybridized carbons (Fsp3) is 0.591. The SMILES string of the molecule is CC.CC.Cc1cc(CCOCCN2CCN(c3ccccc3)CC2)no1. The van der Waals surface area contributed by atoms with Gasteiger partial charge in [0.05, 0.1) is 18.9 Å². The maximum Gasteiger partial charge on any atom is 0.133 e. The van der Waals surface area contributed by atoms with Crippen LogP contribution in [0.5, 0.6) is 0 Å². The molecular weight excluding hydrogens is 338 g/mol. The monoisotopic (exact) mass is 375 g/mol. The molecule has 2 heterocycles. The third kappa shape index (κ3) is 8.59. The standard InChI is InChI=1S/C18H25N3O2.2C2H6/c1-16-15-17(19-23-16)7-13-22-14-12-20-8-10-21(11-9-20)18-5-3-2-4-6-18;2*1-2/h2-6,15H,7-14H2,1H3;2*1-2H3. The third-order valence-electron chi connectivity index (χ3n) is 4.22. The summed E-state index contributed by atoms with van der Waals surface area (Å²) in [5, 5.41) is 3.97. The molecule has 0 atom stereocenters. The Morgan fingerprint density at radius 3 is 2.22 bits per heavy atom. The number of para-hydroxylation sites is 1. The van der Waals surface area contributed by atoms with E-state index in [2.05, 4.69) is 45.3 Å². The summed E-state index contributed by atoms with van der Waals surface area (Å²) in [6, 6.07) is 12.6. The molecule has 0 N–H and O–H groups in total. The van der Waals surface area contributed by atoms with Gasteiger partial charge in [0.1, 0.15) is 5.76 Å². The summed E-state index contributed by atoms with van der Waals surface area (Å²) < 4.78 is 10.8. The molecule has 27 heavy (non-hydrogen) atoms. The molecule has 5 heteroatoms. The lowest BCUT2D eigenvalue weighted by Gasteiger charge is -2.36. The molecule has 152 valence electrons. The van der Waals surface area contributed by atoms with Crippen LogP contribution in [0.1, 0.15) is 39.1 Å². The normalized spacial score (nSPS) is 14.0. The average molecular weight is 376 g/mol. The van der Waals surface area contributed by atoms with E-state index >= 15 is 0 Å². The van der Waals surface area contributed by atoms with Gasteiger partial charge < -0.3 is 14.2 Å². The Labute approximate surface area is 165 Å². The van der Waals surface area contributed by atoms with Crippen LogP contribution in [0, 0.1) is 6.92 Å². The zero-order valence-corrected chi connectivity index (χ0v) is 17.8. The van der Waals surface area contributed by atoms with Crippen molar-refractivity contribution < 1.29 is 9.26 Å². The molecule has 2 aromatic rings. The molecule has 1 saturated heterocycles. The van der Waals surface area contributed by atoms with Crippen molar-refractivity contribution in [2.24, 2.45) is 0 Å². The summed E-state index contributed by atoms with van der Waals surface area (Å²) in [4.78, 5) is 4.92. The molecular formula is C22H37N3O2. The lowest BCUT2D eigenvalue weighted by atomic mass is 10.2. The van der Waals surface area contributed by atoms with E-state index in [1.165, 1.54) is 5.69 Å². The summed E-state index contributed by atoms with van der Waals surface area (Å²) >= 11 is 0. The van der Waals surface area contributed by atoms with E-state index in [4.69, 9.17) is 9.26 Å². The van der Waals surface area contributed by atoms with Crippen LogP contribution in [0.2, 0.25) is 0 Å². The van der Waals surface area contributed by atoms with Gasteiger partial charge in [-0.15, -0.1) is 0 Å². The molecule has 0 radical (unpaired) electrons. The highest BCUT2D eigenvalue weighted by Gasteiger charge is 2.16. The molecule has 5 nitrogen and oxygen atoms in total. The van der Waals surface area contributed by atoms with Gasteiger partial charge in [0.25, 0.3) is 0 Å². The van der Waals surface area contributed by atoms with Gasteiger partial charge >= 0.3 is 0 Å². The van der Waals surface area contributed by atoms with Crippen LogP contribution < -0.4 is 4.90 Å². The van der Waals surface area contributed by atoms with E-state index in [0.29, 0.717) is 6.61 Å². The second-order valence-electron chi connectivity index (χ2n) is 5.96. The highest BCUT2D eigenvalue weighted by molar-refractivity contribution is 5.46. The van der Waals surface area contributed by atoms with Crippen LogP contribution in [-0.4, -0.2) is 56.0 Å². The predicted octanol–water partition coefficient (Wildman–Crippen LogP) is 4.42. The van der Waals surface area contributed by atoms with Gasteiger partial charge in [-0.1, -0.05) is 51.1 Å². The molecule has 0 saturated carbocycles. The summed E-state index contributed by atoms with van der Waals surface area (Å²) in [5.41, 5.74) is 2.30. The number of rotatable bonds is 7. The Hall–Kier alpha value is -1.85. The minimum Gasteiger partial charge on any atom is -0.380 e. The van der Waals surface area contributed by atoms with Crippen molar-refractivity contribution in [2.75, 3.05) is 50.8 Å². The molecule has 0 amide bonds. The quantitative estimate of drug-likeness (QED) is 0.670. The van der Waals surface area contributed by atoms with Crippen molar-refractivity contribution in [3.8, 4) is 0 Å². The van der Waals surface area contributed by atoms with Gasteiger partial charge in [0, 0.05) is 50.9 Å². The van der Waals surface area contributed by atoms with E-state index < -0.39 is 0 Å². The van der Waals surface area contributed by atoms with Gasteiger partial charge in [-0.25, -0.2) is 0 Å². The molecule has 1 aliphatic rings. The van der Waals surface area contributed by atoms with E-state index in [1.807, 2.05) is 40.7 Å². The van der Waals surface area contributed by atoms with Gasteiger partial charge in [0.15, 0.2) is 0 Å². The maximum atomic E-state index is 5.72. The van der Waals surface area contributed by atoms with Crippen molar-refractivity contribution in [3.63, 3.8) is 0 Å². The number of nitrogens with zero attached hydrogens (tertiary/aromatic N) is 3. The van der Waals surface area contributed by atoms with Crippen LogP contribution in [0.4, 0.5) is 5.69 Å². The number of aryl methyl sites for hydroxylation is 1. The first-order chi connectivity index (χ1) is 13.3. The van der Waals surface area contributed by atoms with Gasteiger partial charge in [-0.05, 0) is 19.1 Å². The number of hydrogen-bond acceptors (Lipinski definition) is 5. The van der Waals surface area contributed by atoms with Crippen molar-refractivity contribution >= 4 is 5.69 Å². The van der Waals surface area contributed by atoms with Gasteiger partial charge in [-0.3, -0.25) is 4.90 Å². The highest BCUT2D eigenvalue weighted by atomic mass is 16.5. The van der Waals surface area contributed by atoms with Gasteiger partial charge in [0.2, 0.25) is 0 Å². The lowest BCUT2D eigenvalue weighted by Crippen LogP contribution is -2.47. The zero-order valence-electron chi connectivity index (χ0n) is 17.8. The number of ether oxygens (including phenoxy) is 1. The lowest BCUT2D eigenvalue weighted by molar-refractivity contribution is 0.103. The van der Waals surface area contributed by atoms with Crippen LogP contribution in [-0.2, 0) is 11.2 Å². The average Bonchev–Trinajstić information content (AvgIpc) is 3.17. The Bertz CT molecular complexity index is 578. The Morgan fingerprint density at radius 1 is 0.963 bits per heavy atom. The van der Waals surface area contributed by atoms with Crippen LogP contribution in [0.25, 0.3) is 0 Å². The van der Waals surface area contributed by atoms with Crippen LogP contribution >= 0.6 is 0 Å². The number of piperazine rings is 1. The van der Waals surface area contributed by atoms with E-state index in [1.54, 1.807) is 0 Å². The minimum atomic E-state index is 0.704. The molecule has 1 fully saturated rings. The first kappa shape index (κ1) is 23.2. The fourth-order valence-electron chi connectivity index (χ4n) is 2.88. The maximum absolute atomic E-state index is 5.72. The first-order valence-corrected chi connectivity index (χ1v) is 10.3. The largest absolute Gasteiger partial charge is 0.380 e. The number of hydrogen-bond donors (Lipinski definition) is 0. The number of benzene rings is 1. The third-order valence-corrected chi connectivity index (χ3v) is 4.22. The molecule has 0 spiro atoms. The van der Waals surface area contributed by atoms with E-state index in [9.17, 15) is 0 Å². The molecule has 0 bridgehead atoms. The first-order valence-electron chi connectivity index (χ1n) is 10.3. The Balaban J connectivity index is 0.000000855. The van der Waals surface area contributed by atoms with Crippen molar-refractivity contribution in [1.82, 2.24) is 10.1 Å². The second kappa shape index (κ2) is 14.2. The molecule has 3 rings (SSSR count). The number of aromatic nitrogens is 1. The smallest absolute Gasteiger partial charge is 0.133 e.